The first-order valence-electron chi connectivity index (χ1n) is 7.46. The predicted octanol–water partition coefficient (Wildman–Crippen LogP) is 3.30. The zero-order valence-electron chi connectivity index (χ0n) is 11.8. The number of hydrogen-bond donors (Lipinski definition) is 0. The number of esters is 1. The molecule has 0 bridgehead atoms. The van der Waals surface area contributed by atoms with Crippen LogP contribution in [0.3, 0.4) is 0 Å². The third-order valence-electron chi connectivity index (χ3n) is 3.05. The fraction of sp³-hybridized carbons (Fsp3) is 0.933. The number of ether oxygens (including phenoxy) is 1. The van der Waals surface area contributed by atoms with Crippen molar-refractivity contribution in [3.05, 3.63) is 0 Å². The van der Waals surface area contributed by atoms with Gasteiger partial charge in [0.15, 0.2) is 0 Å². The third-order valence-corrected chi connectivity index (χ3v) is 3.05. The molecule has 0 saturated heterocycles. The van der Waals surface area contributed by atoms with E-state index in [1.807, 2.05) is 6.92 Å². The molecule has 0 saturated carbocycles. The van der Waals surface area contributed by atoms with Gasteiger partial charge in [-0.05, 0) is 6.42 Å². The van der Waals surface area contributed by atoms with Crippen LogP contribution in [0.2, 0.25) is 0 Å². The standard InChI is InChI=1S/C15H30O2.Ca.Na.3H/c1-3-5-6-7-8-9-10-11-12-13-14-17-15(16)4-2;;;;;/h3-14H2,1-2H3;;;;;. The van der Waals surface area contributed by atoms with Gasteiger partial charge in [-0.15, -0.1) is 0 Å². The zero-order valence-corrected chi connectivity index (χ0v) is 11.8. The van der Waals surface area contributed by atoms with E-state index in [4.69, 9.17) is 4.74 Å². The van der Waals surface area contributed by atoms with Crippen molar-refractivity contribution >= 4 is 73.3 Å². The van der Waals surface area contributed by atoms with Crippen LogP contribution in [0.1, 0.15) is 84.5 Å². The van der Waals surface area contributed by atoms with Gasteiger partial charge in [0, 0.05) is 6.42 Å². The van der Waals surface area contributed by atoms with Crippen LogP contribution in [0.25, 0.3) is 0 Å². The van der Waals surface area contributed by atoms with Gasteiger partial charge in [-0.1, -0.05) is 71.6 Å². The van der Waals surface area contributed by atoms with Gasteiger partial charge in [-0.2, -0.15) is 0 Å². The number of carbonyl (C=O) groups excluding carboxylic acids is 1. The summed E-state index contributed by atoms with van der Waals surface area (Å²) < 4.78 is 5.02. The van der Waals surface area contributed by atoms with E-state index in [9.17, 15) is 4.79 Å². The number of carbonyl (C=O) groups is 1. The average molecular weight is 308 g/mol. The molecule has 4 heteroatoms. The summed E-state index contributed by atoms with van der Waals surface area (Å²) in [7, 11) is 0. The summed E-state index contributed by atoms with van der Waals surface area (Å²) in [6.07, 6.45) is 13.7. The van der Waals surface area contributed by atoms with E-state index >= 15 is 0 Å². The van der Waals surface area contributed by atoms with Gasteiger partial charge < -0.3 is 4.74 Å². The normalized spacial score (nSPS) is 9.37. The van der Waals surface area contributed by atoms with Gasteiger partial charge in [0.2, 0.25) is 0 Å². The van der Waals surface area contributed by atoms with Crippen molar-refractivity contribution in [3.63, 3.8) is 0 Å². The van der Waals surface area contributed by atoms with Crippen molar-refractivity contribution in [1.29, 1.82) is 0 Å². The van der Waals surface area contributed by atoms with Gasteiger partial charge in [0.1, 0.15) is 0 Å². The Morgan fingerprint density at radius 1 is 0.789 bits per heavy atom. The SMILES string of the molecule is CCCCCCCCCCCCOC(=O)CC.[CaH2].[NaH]. The minimum absolute atomic E-state index is 0. The van der Waals surface area contributed by atoms with Crippen LogP contribution in [-0.4, -0.2) is 79.9 Å². The molecule has 0 aromatic heterocycles. The molecule has 2 nitrogen and oxygen atoms in total. The second-order valence-corrected chi connectivity index (χ2v) is 4.76. The summed E-state index contributed by atoms with van der Waals surface area (Å²) in [6, 6.07) is 0. The van der Waals surface area contributed by atoms with E-state index in [-0.39, 0.29) is 73.3 Å². The molecule has 0 aromatic carbocycles. The van der Waals surface area contributed by atoms with Crippen molar-refractivity contribution in [1.82, 2.24) is 0 Å². The zero-order chi connectivity index (χ0) is 12.8. The Balaban J connectivity index is -0.00000128. The number of unbranched alkanes of at least 4 members (excludes halogenated alkanes) is 9. The van der Waals surface area contributed by atoms with Crippen molar-refractivity contribution in [2.45, 2.75) is 84.5 Å². The van der Waals surface area contributed by atoms with Crippen LogP contribution >= 0.6 is 0 Å². The molecule has 0 atom stereocenters. The Kier molecular flexibility index (Phi) is 29.7. The van der Waals surface area contributed by atoms with Crippen LogP contribution in [0.5, 0.6) is 0 Å². The quantitative estimate of drug-likeness (QED) is 0.314. The fourth-order valence-electron chi connectivity index (χ4n) is 1.88. The number of rotatable bonds is 12. The predicted molar refractivity (Wildman–Crippen MR) is 88.8 cm³/mol. The Hall–Kier alpha value is 1.73. The molecule has 0 rings (SSSR count). The van der Waals surface area contributed by atoms with E-state index in [0.717, 1.165) is 6.42 Å². The molecular weight excluding hydrogens is 275 g/mol. The minimum atomic E-state index is -0.0686. The summed E-state index contributed by atoms with van der Waals surface area (Å²) in [4.78, 5) is 10.8. The molecule has 19 heavy (non-hydrogen) atoms. The molecule has 0 aliphatic carbocycles. The second kappa shape index (κ2) is 22.0. The molecule has 0 fully saturated rings. The molecule has 0 amide bonds. The summed E-state index contributed by atoms with van der Waals surface area (Å²) in [5.74, 6) is -0.0686. The van der Waals surface area contributed by atoms with Gasteiger partial charge in [-0.3, -0.25) is 4.79 Å². The molecule has 0 spiro atoms. The molecule has 108 valence electrons. The second-order valence-electron chi connectivity index (χ2n) is 4.76. The third kappa shape index (κ3) is 22.2. The molecule has 0 aromatic rings. The van der Waals surface area contributed by atoms with Crippen molar-refractivity contribution < 1.29 is 9.53 Å². The van der Waals surface area contributed by atoms with Gasteiger partial charge in [0.05, 0.1) is 6.61 Å². The Morgan fingerprint density at radius 2 is 1.21 bits per heavy atom. The molecule has 0 N–H and O–H groups in total. The molecule has 0 unspecified atom stereocenters. The Labute approximate surface area is 172 Å². The van der Waals surface area contributed by atoms with Crippen LogP contribution < -0.4 is 0 Å². The van der Waals surface area contributed by atoms with E-state index < -0.39 is 0 Å². The van der Waals surface area contributed by atoms with Crippen molar-refractivity contribution in [2.75, 3.05) is 6.61 Å². The first kappa shape index (κ1) is 25.7. The maximum atomic E-state index is 10.8. The molecule has 0 aliphatic heterocycles. The van der Waals surface area contributed by atoms with E-state index in [1.54, 1.807) is 0 Å². The molecule has 0 heterocycles. The summed E-state index contributed by atoms with van der Waals surface area (Å²) >= 11 is 0. The number of hydrogen-bond acceptors (Lipinski definition) is 2. The van der Waals surface area contributed by atoms with Gasteiger partial charge >= 0.3 is 73.3 Å². The van der Waals surface area contributed by atoms with Crippen LogP contribution in [0.4, 0.5) is 0 Å². The summed E-state index contributed by atoms with van der Waals surface area (Å²) in [5.41, 5.74) is 0. The average Bonchev–Trinajstić information content (AvgIpc) is 2.35. The Morgan fingerprint density at radius 3 is 1.63 bits per heavy atom. The Bertz CT molecular complexity index is 178. The van der Waals surface area contributed by atoms with Crippen molar-refractivity contribution in [3.8, 4) is 0 Å². The molecular formula is C15H33CaNaO2. The van der Waals surface area contributed by atoms with E-state index in [2.05, 4.69) is 6.92 Å². The topological polar surface area (TPSA) is 26.3 Å². The van der Waals surface area contributed by atoms with Crippen LogP contribution in [-0.2, 0) is 9.53 Å². The van der Waals surface area contributed by atoms with Gasteiger partial charge in [0.25, 0.3) is 0 Å². The van der Waals surface area contributed by atoms with Crippen LogP contribution in [0.15, 0.2) is 0 Å². The molecule has 0 radical (unpaired) electrons. The monoisotopic (exact) mass is 308 g/mol. The summed E-state index contributed by atoms with van der Waals surface area (Å²) in [6.45, 7) is 4.70. The maximum absolute atomic E-state index is 10.8. The molecule has 0 aliphatic rings. The van der Waals surface area contributed by atoms with Crippen LogP contribution in [0, 0.1) is 0 Å². The van der Waals surface area contributed by atoms with Gasteiger partial charge in [-0.25, -0.2) is 0 Å². The van der Waals surface area contributed by atoms with Crippen molar-refractivity contribution in [2.24, 2.45) is 0 Å². The van der Waals surface area contributed by atoms with E-state index in [0.29, 0.717) is 13.0 Å². The first-order chi connectivity index (χ1) is 8.31. The first-order valence-corrected chi connectivity index (χ1v) is 7.46. The van der Waals surface area contributed by atoms with E-state index in [1.165, 1.54) is 57.8 Å². The summed E-state index contributed by atoms with van der Waals surface area (Å²) in [5, 5.41) is 0. The fourth-order valence-corrected chi connectivity index (χ4v) is 1.88.